The Morgan fingerprint density at radius 1 is 1.56 bits per heavy atom. The number of nitrogens with one attached hydrogen (secondary N) is 1. The van der Waals surface area contributed by atoms with Crippen molar-refractivity contribution >= 4 is 33.0 Å². The van der Waals surface area contributed by atoms with E-state index in [1.807, 2.05) is 11.4 Å². The fourth-order valence-electron chi connectivity index (χ4n) is 1.49. The minimum Gasteiger partial charge on any atom is -0.384 e. The Balaban J connectivity index is 2.15. The molecule has 0 spiro atoms. The number of halogens is 1. The van der Waals surface area contributed by atoms with Crippen LogP contribution in [-0.2, 0) is 6.54 Å². The number of hydrogen-bond donors (Lipinski definition) is 1. The summed E-state index contributed by atoms with van der Waals surface area (Å²) >= 11 is 5.06. The molecule has 0 aliphatic carbocycles. The van der Waals surface area contributed by atoms with Crippen LogP contribution in [-0.4, -0.2) is 16.3 Å². The van der Waals surface area contributed by atoms with Gasteiger partial charge in [0.2, 0.25) is 0 Å². The first kappa shape index (κ1) is 13.3. The van der Waals surface area contributed by atoms with Crippen LogP contribution in [0.25, 0.3) is 0 Å². The van der Waals surface area contributed by atoms with Crippen LogP contribution in [0.3, 0.4) is 0 Å². The van der Waals surface area contributed by atoms with E-state index in [-0.39, 0.29) is 5.56 Å². The minimum atomic E-state index is -0.0867. The molecule has 2 heterocycles. The molecule has 0 atom stereocenters. The molecule has 18 heavy (non-hydrogen) atoms. The van der Waals surface area contributed by atoms with E-state index in [0.717, 1.165) is 28.0 Å². The number of anilines is 1. The van der Waals surface area contributed by atoms with Gasteiger partial charge in [-0.1, -0.05) is 6.92 Å². The van der Waals surface area contributed by atoms with Crippen LogP contribution in [0, 0.1) is 0 Å². The fraction of sp³-hybridized carbons (Fsp3) is 0.333. The molecular formula is C12H14BrN3OS. The number of hydrogen-bond acceptors (Lipinski definition) is 4. The smallest absolute Gasteiger partial charge is 0.269 e. The van der Waals surface area contributed by atoms with Gasteiger partial charge in [-0.2, -0.15) is 5.10 Å². The van der Waals surface area contributed by atoms with Gasteiger partial charge in [-0.05, 0) is 33.8 Å². The first-order valence-electron chi connectivity index (χ1n) is 5.73. The molecule has 6 heteroatoms. The third-order valence-corrected chi connectivity index (χ3v) is 4.34. The third kappa shape index (κ3) is 3.20. The molecule has 0 amide bonds. The van der Waals surface area contributed by atoms with Gasteiger partial charge in [0.05, 0.1) is 18.4 Å². The zero-order chi connectivity index (χ0) is 13.0. The average Bonchev–Trinajstić information content (AvgIpc) is 2.75. The molecule has 96 valence electrons. The maximum atomic E-state index is 11.9. The molecule has 0 aliphatic rings. The second-order valence-corrected chi connectivity index (χ2v) is 5.71. The maximum Gasteiger partial charge on any atom is 0.269 e. The molecular weight excluding hydrogens is 314 g/mol. The highest BCUT2D eigenvalue weighted by Gasteiger charge is 2.05. The quantitative estimate of drug-likeness (QED) is 0.918. The highest BCUT2D eigenvalue weighted by molar-refractivity contribution is 9.10. The highest BCUT2D eigenvalue weighted by atomic mass is 79.9. The van der Waals surface area contributed by atoms with Gasteiger partial charge in [0.1, 0.15) is 0 Å². The number of nitrogens with zero attached hydrogens (tertiary/aromatic N) is 2. The number of aromatic nitrogens is 2. The normalized spacial score (nSPS) is 10.6. The SMILES string of the molecule is CCCNc1cnn(Cc2sccc2Br)c(=O)c1. The molecule has 4 nitrogen and oxygen atoms in total. The molecule has 2 aromatic rings. The zero-order valence-electron chi connectivity index (χ0n) is 10.0. The van der Waals surface area contributed by atoms with Crippen LogP contribution in [0.5, 0.6) is 0 Å². The maximum absolute atomic E-state index is 11.9. The molecule has 0 unspecified atom stereocenters. The van der Waals surface area contributed by atoms with E-state index in [2.05, 4.69) is 33.3 Å². The Hall–Kier alpha value is -1.14. The first-order chi connectivity index (χ1) is 8.70. The van der Waals surface area contributed by atoms with Crippen molar-refractivity contribution in [3.8, 4) is 0 Å². The lowest BCUT2D eigenvalue weighted by molar-refractivity contribution is 0.644. The number of thiophene rings is 1. The van der Waals surface area contributed by atoms with Gasteiger partial charge in [-0.3, -0.25) is 4.79 Å². The number of rotatable bonds is 5. The standard InChI is InChI=1S/C12H14BrN3OS/c1-2-4-14-9-6-12(17)16(15-7-9)8-11-10(13)3-5-18-11/h3,5-7,14H,2,4,8H2,1H3. The van der Waals surface area contributed by atoms with E-state index in [1.54, 1.807) is 23.6 Å². The summed E-state index contributed by atoms with van der Waals surface area (Å²) in [4.78, 5) is 13.0. The van der Waals surface area contributed by atoms with Gasteiger partial charge < -0.3 is 5.32 Å². The van der Waals surface area contributed by atoms with Crippen molar-refractivity contribution in [3.05, 3.63) is 43.4 Å². The van der Waals surface area contributed by atoms with E-state index >= 15 is 0 Å². The summed E-state index contributed by atoms with van der Waals surface area (Å²) in [5.41, 5.74) is 0.694. The van der Waals surface area contributed by atoms with E-state index in [4.69, 9.17) is 0 Å². The topological polar surface area (TPSA) is 46.9 Å². The van der Waals surface area contributed by atoms with Gasteiger partial charge in [0.25, 0.3) is 5.56 Å². The van der Waals surface area contributed by atoms with Gasteiger partial charge in [-0.15, -0.1) is 11.3 Å². The monoisotopic (exact) mass is 327 g/mol. The molecule has 0 fully saturated rings. The molecule has 1 N–H and O–H groups in total. The largest absolute Gasteiger partial charge is 0.384 e. The second kappa shape index (κ2) is 6.15. The summed E-state index contributed by atoms with van der Waals surface area (Å²) in [5, 5.41) is 9.31. The lowest BCUT2D eigenvalue weighted by Gasteiger charge is -2.06. The Kier molecular flexibility index (Phi) is 4.54. The molecule has 0 aromatic carbocycles. The Bertz CT molecular complexity index is 579. The highest BCUT2D eigenvalue weighted by Crippen LogP contribution is 2.22. The summed E-state index contributed by atoms with van der Waals surface area (Å²) in [6.45, 7) is 3.43. The summed E-state index contributed by atoms with van der Waals surface area (Å²) in [6, 6.07) is 3.56. The molecule has 2 aromatic heterocycles. The molecule has 2 rings (SSSR count). The van der Waals surface area contributed by atoms with Crippen LogP contribution in [0.2, 0.25) is 0 Å². The van der Waals surface area contributed by atoms with Crippen molar-refractivity contribution in [1.82, 2.24) is 9.78 Å². The van der Waals surface area contributed by atoms with Gasteiger partial charge in [-0.25, -0.2) is 4.68 Å². The van der Waals surface area contributed by atoms with Crippen molar-refractivity contribution < 1.29 is 0 Å². The summed E-state index contributed by atoms with van der Waals surface area (Å²) in [5.74, 6) is 0. The van der Waals surface area contributed by atoms with E-state index in [9.17, 15) is 4.79 Å². The Morgan fingerprint density at radius 2 is 2.39 bits per heavy atom. The van der Waals surface area contributed by atoms with Gasteiger partial charge in [0, 0.05) is 22.0 Å². The van der Waals surface area contributed by atoms with E-state index in [0.29, 0.717) is 6.54 Å². The van der Waals surface area contributed by atoms with E-state index < -0.39 is 0 Å². The van der Waals surface area contributed by atoms with Crippen molar-refractivity contribution in [2.75, 3.05) is 11.9 Å². The molecule has 0 radical (unpaired) electrons. The van der Waals surface area contributed by atoms with Crippen LogP contribution in [0.1, 0.15) is 18.2 Å². The average molecular weight is 328 g/mol. The molecule has 0 saturated carbocycles. The third-order valence-electron chi connectivity index (χ3n) is 2.43. The second-order valence-electron chi connectivity index (χ2n) is 3.86. The summed E-state index contributed by atoms with van der Waals surface area (Å²) in [7, 11) is 0. The molecule has 0 saturated heterocycles. The van der Waals surface area contributed by atoms with Crippen molar-refractivity contribution in [2.24, 2.45) is 0 Å². The first-order valence-corrected chi connectivity index (χ1v) is 7.41. The minimum absolute atomic E-state index is 0.0867. The Labute approximate surface area is 118 Å². The van der Waals surface area contributed by atoms with E-state index in [1.165, 1.54) is 4.68 Å². The van der Waals surface area contributed by atoms with Gasteiger partial charge >= 0.3 is 0 Å². The van der Waals surface area contributed by atoms with Crippen LogP contribution in [0.15, 0.2) is 33.0 Å². The zero-order valence-corrected chi connectivity index (χ0v) is 12.4. The fourth-order valence-corrected chi connectivity index (χ4v) is 2.95. The lowest BCUT2D eigenvalue weighted by atomic mass is 10.4. The van der Waals surface area contributed by atoms with Crippen molar-refractivity contribution in [2.45, 2.75) is 19.9 Å². The predicted molar refractivity (Wildman–Crippen MR) is 78.4 cm³/mol. The summed E-state index contributed by atoms with van der Waals surface area (Å²) < 4.78 is 2.49. The van der Waals surface area contributed by atoms with Crippen molar-refractivity contribution in [1.29, 1.82) is 0 Å². The van der Waals surface area contributed by atoms with Crippen LogP contribution in [0.4, 0.5) is 5.69 Å². The Morgan fingerprint density at radius 3 is 3.00 bits per heavy atom. The van der Waals surface area contributed by atoms with Crippen LogP contribution >= 0.6 is 27.3 Å². The molecule has 0 aliphatic heterocycles. The van der Waals surface area contributed by atoms with Crippen LogP contribution < -0.4 is 10.9 Å². The van der Waals surface area contributed by atoms with Crippen molar-refractivity contribution in [3.63, 3.8) is 0 Å². The predicted octanol–water partition coefficient (Wildman–Crippen LogP) is 2.94. The molecule has 0 bridgehead atoms. The lowest BCUT2D eigenvalue weighted by Crippen LogP contribution is -2.23. The van der Waals surface area contributed by atoms with Gasteiger partial charge in [0.15, 0.2) is 0 Å². The summed E-state index contributed by atoms with van der Waals surface area (Å²) in [6.07, 6.45) is 2.71.